The van der Waals surface area contributed by atoms with Crippen LogP contribution >= 0.6 is 11.8 Å². The van der Waals surface area contributed by atoms with Gasteiger partial charge in [-0.3, -0.25) is 9.36 Å². The molecule has 0 saturated heterocycles. The predicted molar refractivity (Wildman–Crippen MR) is 109 cm³/mol. The Balaban J connectivity index is 1.69. The van der Waals surface area contributed by atoms with Crippen LogP contribution in [-0.2, 0) is 6.54 Å². The lowest BCUT2D eigenvalue weighted by Gasteiger charge is -2.12. The van der Waals surface area contributed by atoms with Crippen molar-refractivity contribution in [1.82, 2.24) is 24.7 Å². The standard InChI is InChI=1S/C20H19N5O2S/c1-4-10-25-18(14-9-11-27-12(14)2)23-24-20(25)28-13(3)17-21-16-8-6-5-7-15(16)19(26)22-17/h4-9,11,13H,1,10H2,2-3H3,(H,21,22,26)/t13-/m0/s1. The summed E-state index contributed by atoms with van der Waals surface area (Å²) in [6.07, 6.45) is 3.43. The van der Waals surface area contributed by atoms with Gasteiger partial charge in [0.1, 0.15) is 11.6 Å². The minimum Gasteiger partial charge on any atom is -0.469 e. The van der Waals surface area contributed by atoms with Gasteiger partial charge in [-0.1, -0.05) is 30.0 Å². The molecule has 0 amide bonds. The topological polar surface area (TPSA) is 89.6 Å². The number of nitrogens with zero attached hydrogens (tertiary/aromatic N) is 4. The first kappa shape index (κ1) is 18.2. The summed E-state index contributed by atoms with van der Waals surface area (Å²) in [6, 6.07) is 9.18. The van der Waals surface area contributed by atoms with E-state index in [0.29, 0.717) is 23.3 Å². The second-order valence-electron chi connectivity index (χ2n) is 6.32. The number of para-hydroxylation sites is 1. The number of aromatic nitrogens is 5. The Hall–Kier alpha value is -3.13. The van der Waals surface area contributed by atoms with Crippen molar-refractivity contribution in [1.29, 1.82) is 0 Å². The second-order valence-corrected chi connectivity index (χ2v) is 7.63. The SMILES string of the molecule is C=CCn1c(S[C@@H](C)c2nc3ccccc3c(=O)[nH]2)nnc1-c1ccoc1C. The number of H-pyrrole nitrogens is 1. The number of rotatable bonds is 6. The zero-order chi connectivity index (χ0) is 19.7. The summed E-state index contributed by atoms with van der Waals surface area (Å²) in [5, 5.41) is 9.87. The van der Waals surface area contributed by atoms with Crippen molar-refractivity contribution >= 4 is 22.7 Å². The summed E-state index contributed by atoms with van der Waals surface area (Å²) >= 11 is 1.48. The van der Waals surface area contributed by atoms with E-state index < -0.39 is 0 Å². The maximum atomic E-state index is 12.4. The van der Waals surface area contributed by atoms with Crippen molar-refractivity contribution in [3.8, 4) is 11.4 Å². The number of nitrogens with one attached hydrogen (secondary N) is 1. The summed E-state index contributed by atoms with van der Waals surface area (Å²) < 4.78 is 7.38. The first-order chi connectivity index (χ1) is 13.6. The van der Waals surface area contributed by atoms with Crippen molar-refractivity contribution in [2.45, 2.75) is 30.8 Å². The van der Waals surface area contributed by atoms with Gasteiger partial charge >= 0.3 is 0 Å². The highest BCUT2D eigenvalue weighted by Gasteiger charge is 2.20. The minimum atomic E-state index is -0.143. The fourth-order valence-electron chi connectivity index (χ4n) is 3.00. The van der Waals surface area contributed by atoms with Gasteiger partial charge in [0.25, 0.3) is 5.56 Å². The molecule has 4 rings (SSSR count). The van der Waals surface area contributed by atoms with Crippen LogP contribution in [0.3, 0.4) is 0 Å². The van der Waals surface area contributed by atoms with Gasteiger partial charge in [-0.2, -0.15) is 0 Å². The monoisotopic (exact) mass is 393 g/mol. The van der Waals surface area contributed by atoms with E-state index in [1.165, 1.54) is 11.8 Å². The third-order valence-electron chi connectivity index (χ3n) is 4.43. The fourth-order valence-corrected chi connectivity index (χ4v) is 3.91. The lowest BCUT2D eigenvalue weighted by Crippen LogP contribution is -2.13. The molecule has 1 aromatic carbocycles. The van der Waals surface area contributed by atoms with E-state index in [0.717, 1.165) is 22.3 Å². The van der Waals surface area contributed by atoms with Crippen LogP contribution < -0.4 is 5.56 Å². The van der Waals surface area contributed by atoms with Crippen LogP contribution in [-0.4, -0.2) is 24.7 Å². The summed E-state index contributed by atoms with van der Waals surface area (Å²) in [5.74, 6) is 2.10. The average molecular weight is 393 g/mol. The molecule has 142 valence electrons. The summed E-state index contributed by atoms with van der Waals surface area (Å²) in [5.41, 5.74) is 1.43. The quantitative estimate of drug-likeness (QED) is 0.391. The Morgan fingerprint density at radius 2 is 2.14 bits per heavy atom. The Morgan fingerprint density at radius 1 is 1.32 bits per heavy atom. The zero-order valence-electron chi connectivity index (χ0n) is 15.5. The van der Waals surface area contributed by atoms with Gasteiger partial charge in [-0.25, -0.2) is 4.98 Å². The van der Waals surface area contributed by atoms with Gasteiger partial charge < -0.3 is 9.40 Å². The first-order valence-electron chi connectivity index (χ1n) is 8.82. The van der Waals surface area contributed by atoms with Crippen molar-refractivity contribution in [2.75, 3.05) is 0 Å². The third-order valence-corrected chi connectivity index (χ3v) is 5.52. The van der Waals surface area contributed by atoms with E-state index in [9.17, 15) is 4.79 Å². The lowest BCUT2D eigenvalue weighted by atomic mass is 10.2. The highest BCUT2D eigenvalue weighted by atomic mass is 32.2. The van der Waals surface area contributed by atoms with Gasteiger partial charge in [0.2, 0.25) is 0 Å². The van der Waals surface area contributed by atoms with Crippen LogP contribution in [0.4, 0.5) is 0 Å². The number of aryl methyl sites for hydroxylation is 1. The van der Waals surface area contributed by atoms with E-state index >= 15 is 0 Å². The predicted octanol–water partition coefficient (Wildman–Crippen LogP) is 4.12. The van der Waals surface area contributed by atoms with Crippen molar-refractivity contribution in [2.24, 2.45) is 0 Å². The van der Waals surface area contributed by atoms with Crippen LogP contribution in [0.5, 0.6) is 0 Å². The molecule has 7 nitrogen and oxygen atoms in total. The van der Waals surface area contributed by atoms with Crippen LogP contribution in [0.25, 0.3) is 22.3 Å². The molecule has 8 heteroatoms. The van der Waals surface area contributed by atoms with Gasteiger partial charge in [-0.05, 0) is 32.0 Å². The normalized spacial score (nSPS) is 12.4. The van der Waals surface area contributed by atoms with Crippen LogP contribution in [0, 0.1) is 6.92 Å². The highest BCUT2D eigenvalue weighted by molar-refractivity contribution is 7.99. The molecule has 0 bridgehead atoms. The number of benzene rings is 1. The zero-order valence-corrected chi connectivity index (χ0v) is 16.4. The lowest BCUT2D eigenvalue weighted by molar-refractivity contribution is 0.534. The van der Waals surface area contributed by atoms with Gasteiger partial charge in [0.05, 0.1) is 28.0 Å². The number of allylic oxidation sites excluding steroid dienone is 1. The molecule has 0 fully saturated rings. The molecule has 1 N–H and O–H groups in total. The molecular formula is C20H19N5O2S. The molecule has 1 atom stereocenters. The van der Waals surface area contributed by atoms with Crippen molar-refractivity contribution in [3.05, 3.63) is 71.2 Å². The Bertz CT molecular complexity index is 1210. The summed E-state index contributed by atoms with van der Waals surface area (Å²) in [4.78, 5) is 19.9. The first-order valence-corrected chi connectivity index (χ1v) is 9.70. The summed E-state index contributed by atoms with van der Waals surface area (Å²) in [7, 11) is 0. The van der Waals surface area contributed by atoms with Crippen molar-refractivity contribution < 1.29 is 4.42 Å². The minimum absolute atomic E-state index is 0.122. The molecule has 0 spiro atoms. The Morgan fingerprint density at radius 3 is 2.89 bits per heavy atom. The van der Waals surface area contributed by atoms with Crippen LogP contribution in [0.15, 0.2) is 63.6 Å². The smallest absolute Gasteiger partial charge is 0.258 e. The highest BCUT2D eigenvalue weighted by Crippen LogP contribution is 2.34. The van der Waals surface area contributed by atoms with E-state index in [2.05, 4.69) is 26.7 Å². The molecule has 0 saturated carbocycles. The molecule has 0 radical (unpaired) electrons. The molecule has 0 aliphatic heterocycles. The number of hydrogen-bond acceptors (Lipinski definition) is 6. The van der Waals surface area contributed by atoms with Gasteiger partial charge in [0, 0.05) is 6.54 Å². The largest absolute Gasteiger partial charge is 0.469 e. The Kier molecular flexibility index (Phi) is 4.87. The summed E-state index contributed by atoms with van der Waals surface area (Å²) in [6.45, 7) is 8.26. The molecule has 28 heavy (non-hydrogen) atoms. The fraction of sp³-hybridized carbons (Fsp3) is 0.200. The molecule has 3 aromatic heterocycles. The molecule has 0 unspecified atom stereocenters. The van der Waals surface area contributed by atoms with E-state index in [-0.39, 0.29) is 10.8 Å². The van der Waals surface area contributed by atoms with Gasteiger partial charge in [-0.15, -0.1) is 16.8 Å². The van der Waals surface area contributed by atoms with E-state index in [1.807, 2.05) is 42.7 Å². The number of hydrogen-bond donors (Lipinski definition) is 1. The molecule has 4 aromatic rings. The number of furan rings is 1. The van der Waals surface area contributed by atoms with Crippen LogP contribution in [0.2, 0.25) is 0 Å². The Labute approximate surface area is 165 Å². The number of fused-ring (bicyclic) bond motifs is 1. The van der Waals surface area contributed by atoms with E-state index in [1.54, 1.807) is 18.4 Å². The third kappa shape index (κ3) is 3.27. The maximum absolute atomic E-state index is 12.4. The second kappa shape index (κ2) is 7.47. The molecule has 0 aliphatic rings. The average Bonchev–Trinajstić information content (AvgIpc) is 3.28. The molecular weight excluding hydrogens is 374 g/mol. The number of thioether (sulfide) groups is 1. The van der Waals surface area contributed by atoms with Gasteiger partial charge in [0.15, 0.2) is 11.0 Å². The maximum Gasteiger partial charge on any atom is 0.258 e. The van der Waals surface area contributed by atoms with Crippen LogP contribution in [0.1, 0.15) is 23.8 Å². The molecule has 3 heterocycles. The number of aromatic amines is 1. The van der Waals surface area contributed by atoms with Crippen molar-refractivity contribution in [3.63, 3.8) is 0 Å². The molecule has 0 aliphatic carbocycles. The van der Waals surface area contributed by atoms with E-state index in [4.69, 9.17) is 4.42 Å².